The summed E-state index contributed by atoms with van der Waals surface area (Å²) in [4.78, 5) is 0. The minimum Gasteiger partial charge on any atom is -0.375 e. The first-order valence-corrected chi connectivity index (χ1v) is 6.29. The van der Waals surface area contributed by atoms with Crippen LogP contribution in [-0.2, 0) is 4.74 Å². The minimum atomic E-state index is 0.158. The molecule has 0 aromatic rings. The van der Waals surface area contributed by atoms with Crippen LogP contribution in [-0.4, -0.2) is 27.9 Å². The molecule has 0 saturated heterocycles. The van der Waals surface area contributed by atoms with Gasteiger partial charge in [-0.05, 0) is 6.26 Å². The molecule has 0 N–H and O–H groups in total. The standard InChI is InChI=1S/C4H12OSSi/c1-6-3-5-4-7-2/h3-4,7H2,1-2H3. The lowest BCUT2D eigenvalue weighted by atomic mass is 11.5. The first-order valence-electron chi connectivity index (χ1n) is 2.48. The number of rotatable bonds is 4. The summed E-state index contributed by atoms with van der Waals surface area (Å²) in [5.74, 6) is 0.876. The third kappa shape index (κ3) is 6.53. The van der Waals surface area contributed by atoms with Crippen LogP contribution in [0.5, 0.6) is 0 Å². The van der Waals surface area contributed by atoms with Crippen molar-refractivity contribution in [3.05, 3.63) is 0 Å². The van der Waals surface area contributed by atoms with Crippen molar-refractivity contribution in [1.29, 1.82) is 0 Å². The molecule has 44 valence electrons. The summed E-state index contributed by atoms with van der Waals surface area (Å²) in [5, 5.41) is 0. The van der Waals surface area contributed by atoms with Gasteiger partial charge in [-0.25, -0.2) is 0 Å². The number of hydrogen-bond acceptors (Lipinski definition) is 2. The van der Waals surface area contributed by atoms with Crippen LogP contribution in [0.2, 0.25) is 6.55 Å². The van der Waals surface area contributed by atoms with E-state index in [1.807, 2.05) is 0 Å². The molecule has 0 amide bonds. The molecule has 0 atom stereocenters. The van der Waals surface area contributed by atoms with E-state index in [1.54, 1.807) is 11.8 Å². The van der Waals surface area contributed by atoms with Gasteiger partial charge in [-0.3, -0.25) is 0 Å². The summed E-state index contributed by atoms with van der Waals surface area (Å²) in [6.07, 6.45) is 3.10. The molecule has 0 heterocycles. The van der Waals surface area contributed by atoms with Crippen LogP contribution < -0.4 is 0 Å². The molecule has 0 aliphatic carbocycles. The maximum absolute atomic E-state index is 5.16. The van der Waals surface area contributed by atoms with E-state index in [0.717, 1.165) is 12.2 Å². The molecular formula is C4H12OSSi. The number of thioether (sulfide) groups is 1. The minimum absolute atomic E-state index is 0.158. The van der Waals surface area contributed by atoms with Crippen LogP contribution in [0.3, 0.4) is 0 Å². The normalized spacial score (nSPS) is 11.1. The lowest BCUT2D eigenvalue weighted by molar-refractivity contribution is 0.234. The molecule has 0 fully saturated rings. The molecule has 0 aromatic heterocycles. The molecule has 0 radical (unpaired) electrons. The Balaban J connectivity index is 2.45. The molecule has 0 unspecified atom stereocenters. The average molecular weight is 136 g/mol. The highest BCUT2D eigenvalue weighted by molar-refractivity contribution is 7.98. The lowest BCUT2D eigenvalue weighted by Gasteiger charge is -1.94. The second kappa shape index (κ2) is 6.53. The molecule has 0 bridgehead atoms. The molecule has 0 saturated carbocycles. The molecule has 0 spiro atoms. The fraction of sp³-hybridized carbons (Fsp3) is 1.00. The molecule has 0 aliphatic heterocycles. The van der Waals surface area contributed by atoms with Crippen molar-refractivity contribution in [1.82, 2.24) is 0 Å². The second-order valence-electron chi connectivity index (χ2n) is 1.31. The van der Waals surface area contributed by atoms with Crippen LogP contribution in [0.25, 0.3) is 0 Å². The van der Waals surface area contributed by atoms with Crippen molar-refractivity contribution in [2.24, 2.45) is 0 Å². The molecule has 0 aromatic carbocycles. The van der Waals surface area contributed by atoms with Crippen LogP contribution >= 0.6 is 11.8 Å². The quantitative estimate of drug-likeness (QED) is 0.316. The first kappa shape index (κ1) is 7.53. The van der Waals surface area contributed by atoms with Crippen LogP contribution in [0, 0.1) is 0 Å². The van der Waals surface area contributed by atoms with E-state index in [2.05, 4.69) is 12.8 Å². The maximum Gasteiger partial charge on any atom is 0.0913 e. The zero-order valence-corrected chi connectivity index (χ0v) is 7.17. The summed E-state index contributed by atoms with van der Waals surface area (Å²) in [6.45, 7) is 2.25. The number of hydrogen-bond donors (Lipinski definition) is 0. The fourth-order valence-corrected chi connectivity index (χ4v) is 1.21. The third-order valence-electron chi connectivity index (χ3n) is 0.550. The van der Waals surface area contributed by atoms with Crippen molar-refractivity contribution < 1.29 is 4.74 Å². The van der Waals surface area contributed by atoms with Gasteiger partial charge in [0.2, 0.25) is 0 Å². The van der Waals surface area contributed by atoms with Crippen molar-refractivity contribution in [2.75, 3.05) is 18.4 Å². The third-order valence-corrected chi connectivity index (χ3v) is 1.65. The molecule has 7 heavy (non-hydrogen) atoms. The van der Waals surface area contributed by atoms with Crippen molar-refractivity contribution in [2.45, 2.75) is 6.55 Å². The Kier molecular flexibility index (Phi) is 7.02. The summed E-state index contributed by atoms with van der Waals surface area (Å²) in [7, 11) is 0.158. The van der Waals surface area contributed by atoms with Crippen molar-refractivity contribution >= 4 is 21.3 Å². The predicted octanol–water partition coefficient (Wildman–Crippen LogP) is 0.498. The second-order valence-corrected chi connectivity index (χ2v) is 3.54. The Morgan fingerprint density at radius 3 is 2.86 bits per heavy atom. The van der Waals surface area contributed by atoms with Crippen molar-refractivity contribution in [3.8, 4) is 0 Å². The SMILES string of the molecule is C[SiH2]COCSC. The van der Waals surface area contributed by atoms with Gasteiger partial charge in [0.25, 0.3) is 0 Å². The van der Waals surface area contributed by atoms with Gasteiger partial charge >= 0.3 is 0 Å². The van der Waals surface area contributed by atoms with Gasteiger partial charge in [0, 0.05) is 15.7 Å². The molecule has 3 heteroatoms. The van der Waals surface area contributed by atoms with E-state index in [0.29, 0.717) is 0 Å². The summed E-state index contributed by atoms with van der Waals surface area (Å²) in [6, 6.07) is 0. The highest BCUT2D eigenvalue weighted by Gasteiger charge is 1.78. The van der Waals surface area contributed by atoms with Gasteiger partial charge < -0.3 is 4.74 Å². The highest BCUT2D eigenvalue weighted by Crippen LogP contribution is 1.89. The summed E-state index contributed by atoms with van der Waals surface area (Å²) in [5.41, 5.74) is 0. The molecule has 0 aliphatic rings. The lowest BCUT2D eigenvalue weighted by Crippen LogP contribution is -1.97. The van der Waals surface area contributed by atoms with Gasteiger partial charge in [-0.2, -0.15) is 0 Å². The topological polar surface area (TPSA) is 9.23 Å². The Morgan fingerprint density at radius 2 is 2.43 bits per heavy atom. The van der Waals surface area contributed by atoms with Crippen LogP contribution in [0.1, 0.15) is 0 Å². The predicted molar refractivity (Wildman–Crippen MR) is 38.7 cm³/mol. The van der Waals surface area contributed by atoms with E-state index >= 15 is 0 Å². The van der Waals surface area contributed by atoms with Gasteiger partial charge in [-0.15, -0.1) is 11.8 Å². The van der Waals surface area contributed by atoms with E-state index < -0.39 is 0 Å². The monoisotopic (exact) mass is 136 g/mol. The van der Waals surface area contributed by atoms with Gasteiger partial charge in [0.05, 0.1) is 5.94 Å². The van der Waals surface area contributed by atoms with E-state index in [9.17, 15) is 0 Å². The van der Waals surface area contributed by atoms with Crippen LogP contribution in [0.4, 0.5) is 0 Å². The largest absolute Gasteiger partial charge is 0.375 e. The Morgan fingerprint density at radius 1 is 1.71 bits per heavy atom. The van der Waals surface area contributed by atoms with Gasteiger partial charge in [0.15, 0.2) is 0 Å². The zero-order valence-electron chi connectivity index (χ0n) is 4.94. The van der Waals surface area contributed by atoms with Gasteiger partial charge in [0.1, 0.15) is 0 Å². The van der Waals surface area contributed by atoms with Gasteiger partial charge in [-0.1, -0.05) is 6.55 Å². The Bertz CT molecular complexity index is 30.9. The van der Waals surface area contributed by atoms with Crippen molar-refractivity contribution in [3.63, 3.8) is 0 Å². The van der Waals surface area contributed by atoms with Crippen LogP contribution in [0.15, 0.2) is 0 Å². The molecule has 1 nitrogen and oxygen atoms in total. The smallest absolute Gasteiger partial charge is 0.0913 e. The highest BCUT2D eigenvalue weighted by atomic mass is 32.2. The van der Waals surface area contributed by atoms with E-state index in [1.165, 1.54) is 0 Å². The molecular weight excluding hydrogens is 124 g/mol. The zero-order chi connectivity index (χ0) is 5.54. The van der Waals surface area contributed by atoms with E-state index in [-0.39, 0.29) is 9.52 Å². The van der Waals surface area contributed by atoms with E-state index in [4.69, 9.17) is 4.74 Å². The summed E-state index contributed by atoms with van der Waals surface area (Å²) < 4.78 is 5.16. The fourth-order valence-electron chi connectivity index (χ4n) is 0.287. The maximum atomic E-state index is 5.16. The first-order chi connectivity index (χ1) is 3.41. The summed E-state index contributed by atoms with van der Waals surface area (Å²) >= 11 is 1.74. The Hall–Kier alpha value is 0.527. The number of ether oxygens (including phenoxy) is 1. The average Bonchev–Trinajstić information content (AvgIpc) is 1.69. The Labute approximate surface area is 51.6 Å². The molecule has 0 rings (SSSR count).